The number of aliphatic hydroxyl groups excluding tert-OH is 3. The highest BCUT2D eigenvalue weighted by Gasteiger charge is 2.35. The van der Waals surface area contributed by atoms with Gasteiger partial charge in [-0.15, -0.1) is 0 Å². The van der Waals surface area contributed by atoms with E-state index in [4.69, 9.17) is 29.0 Å². The molecule has 7 unspecified atom stereocenters. The summed E-state index contributed by atoms with van der Waals surface area (Å²) >= 11 is 0. The fourth-order valence-electron chi connectivity index (χ4n) is 6.50. The molecule has 0 aromatic carbocycles. The Bertz CT molecular complexity index is 1070. The number of nitrogens with two attached hydrogens (primary N) is 1. The minimum atomic E-state index is -4.36. The smallest absolute Gasteiger partial charge is 0.457 e. The predicted molar refractivity (Wildman–Crippen MR) is 223 cm³/mol. The van der Waals surface area contributed by atoms with Gasteiger partial charge in [0.25, 0.3) is 0 Å². The average Bonchev–Trinajstić information content (AvgIpc) is 3.16. The van der Waals surface area contributed by atoms with Crippen LogP contribution < -0.4 is 5.73 Å². The van der Waals surface area contributed by atoms with Gasteiger partial charge in [0.2, 0.25) is 0 Å². The van der Waals surface area contributed by atoms with Crippen molar-refractivity contribution in [1.29, 1.82) is 0 Å². The third-order valence-electron chi connectivity index (χ3n) is 9.82. The molecule has 56 heavy (non-hydrogen) atoms. The van der Waals surface area contributed by atoms with Gasteiger partial charge in [-0.2, -0.15) is 0 Å². The second kappa shape index (κ2) is 35.5. The molecule has 0 aliphatic carbocycles. The number of phosphoric acid groups is 1. The summed E-state index contributed by atoms with van der Waals surface area (Å²) in [5.74, 6) is -0.760. The monoisotopic (exact) mass is 818 g/mol. The minimum Gasteiger partial charge on any atom is -0.457 e. The lowest BCUT2D eigenvalue weighted by molar-refractivity contribution is -0.199. The van der Waals surface area contributed by atoms with Crippen LogP contribution in [0.4, 0.5) is 0 Å². The Kier molecular flexibility index (Phi) is 33.3. The van der Waals surface area contributed by atoms with Crippen LogP contribution in [0.5, 0.6) is 0 Å². The van der Waals surface area contributed by atoms with Crippen molar-refractivity contribution in [2.24, 2.45) is 11.7 Å². The topological polar surface area (TPSA) is 187 Å². The van der Waals surface area contributed by atoms with Gasteiger partial charge in [0, 0.05) is 31.9 Å². The van der Waals surface area contributed by atoms with Crippen molar-refractivity contribution in [1.82, 2.24) is 0 Å². The van der Waals surface area contributed by atoms with Crippen LogP contribution >= 0.6 is 7.82 Å². The molecule has 328 valence electrons. The molecule has 0 aromatic rings. The number of unbranched alkanes of at least 4 members (excludes halogenated alkanes) is 15. The van der Waals surface area contributed by atoms with E-state index in [1.165, 1.54) is 64.2 Å². The highest BCUT2D eigenvalue weighted by Crippen LogP contribution is 2.43. The van der Waals surface area contributed by atoms with Gasteiger partial charge >= 0.3 is 13.8 Å². The van der Waals surface area contributed by atoms with E-state index < -0.39 is 44.5 Å². The van der Waals surface area contributed by atoms with Gasteiger partial charge in [-0.1, -0.05) is 127 Å². The van der Waals surface area contributed by atoms with Gasteiger partial charge in [-0.05, 0) is 57.8 Å². The molecule has 0 saturated carbocycles. The van der Waals surface area contributed by atoms with Crippen molar-refractivity contribution in [3.63, 3.8) is 0 Å². The summed E-state index contributed by atoms with van der Waals surface area (Å²) in [5.41, 5.74) is 5.36. The quantitative estimate of drug-likeness (QED) is 0.0174. The molecule has 13 heteroatoms. The zero-order chi connectivity index (χ0) is 41.1. The summed E-state index contributed by atoms with van der Waals surface area (Å²) in [6.07, 6.45) is 30.7. The van der Waals surface area contributed by atoms with E-state index in [0.29, 0.717) is 32.3 Å². The largest absolute Gasteiger partial charge is 0.472 e. The van der Waals surface area contributed by atoms with Crippen LogP contribution in [-0.4, -0.2) is 89.9 Å². The number of ether oxygens (including phenoxy) is 3. The summed E-state index contributed by atoms with van der Waals surface area (Å²) < 4.78 is 39.1. The highest BCUT2D eigenvalue weighted by molar-refractivity contribution is 7.47. The first-order chi connectivity index (χ1) is 27.1. The molecular weight excluding hydrogens is 737 g/mol. The number of hydrogen-bond donors (Lipinski definition) is 5. The standard InChI is InChI=1S/C43H80NO11P/c1-3-5-7-8-9-10-11-12-13-14-15-16-17-18-21-25-32-51-35-38(36-53-56(49,50)52-33-31-44)54-42(47)28-24-20-19-23-27-39-40(46)34-43(48)55-41(39)30-29-37(45)26-22-6-4-2/h12-13,19,23,29-30,37-41,43,45-46,48H,3-11,14-18,20-22,24-28,31-36,44H2,1-2H3,(H,49,50)/b13-12-,23-19-,30-29+. The van der Waals surface area contributed by atoms with Crippen molar-refractivity contribution in [3.8, 4) is 0 Å². The Morgan fingerprint density at radius 1 is 0.804 bits per heavy atom. The number of phosphoric ester groups is 1. The van der Waals surface area contributed by atoms with E-state index >= 15 is 0 Å². The lowest BCUT2D eigenvalue weighted by Crippen LogP contribution is -2.43. The first-order valence-electron chi connectivity index (χ1n) is 21.9. The first kappa shape index (κ1) is 52.6. The number of allylic oxidation sites excluding steroid dienone is 4. The highest BCUT2D eigenvalue weighted by atomic mass is 31.2. The lowest BCUT2D eigenvalue weighted by Gasteiger charge is -2.36. The maximum atomic E-state index is 12.7. The molecule has 12 nitrogen and oxygen atoms in total. The van der Waals surface area contributed by atoms with Crippen LogP contribution in [0.15, 0.2) is 36.5 Å². The van der Waals surface area contributed by atoms with Crippen LogP contribution in [0.1, 0.15) is 162 Å². The Balaban J connectivity index is 2.39. The molecule has 0 amide bonds. The Morgan fingerprint density at radius 2 is 1.41 bits per heavy atom. The number of carbonyl (C=O) groups excluding carboxylic acids is 1. The van der Waals surface area contributed by atoms with Crippen LogP contribution in [-0.2, 0) is 32.6 Å². The van der Waals surface area contributed by atoms with E-state index in [1.54, 1.807) is 12.2 Å². The fourth-order valence-corrected chi connectivity index (χ4v) is 7.27. The van der Waals surface area contributed by atoms with Crippen LogP contribution in [0.3, 0.4) is 0 Å². The molecule has 0 aromatic heterocycles. The first-order valence-corrected chi connectivity index (χ1v) is 23.4. The van der Waals surface area contributed by atoms with Gasteiger partial charge < -0.3 is 40.2 Å². The van der Waals surface area contributed by atoms with Crippen molar-refractivity contribution in [2.75, 3.05) is 33.0 Å². The fraction of sp³-hybridized carbons (Fsp3) is 0.837. The number of rotatable bonds is 37. The lowest BCUT2D eigenvalue weighted by atomic mass is 9.87. The van der Waals surface area contributed by atoms with Crippen LogP contribution in [0.25, 0.3) is 0 Å². The van der Waals surface area contributed by atoms with E-state index in [1.807, 2.05) is 12.2 Å². The van der Waals surface area contributed by atoms with Crippen molar-refractivity contribution < 1.29 is 52.8 Å². The molecule has 1 heterocycles. The molecule has 6 N–H and O–H groups in total. The Labute approximate surface area is 339 Å². The second-order valence-corrected chi connectivity index (χ2v) is 16.5. The number of hydrogen-bond acceptors (Lipinski definition) is 11. The van der Waals surface area contributed by atoms with E-state index in [9.17, 15) is 29.6 Å². The zero-order valence-corrected chi connectivity index (χ0v) is 35.8. The Hall–Kier alpha value is -1.44. The average molecular weight is 818 g/mol. The summed E-state index contributed by atoms with van der Waals surface area (Å²) in [6, 6.07) is 0. The molecule has 7 atom stereocenters. The number of aliphatic hydroxyl groups is 3. The van der Waals surface area contributed by atoms with Crippen molar-refractivity contribution in [3.05, 3.63) is 36.5 Å². The normalized spacial score (nSPS) is 21.3. The third kappa shape index (κ3) is 29.7. The van der Waals surface area contributed by atoms with Gasteiger partial charge in [0.15, 0.2) is 6.29 Å². The summed E-state index contributed by atoms with van der Waals surface area (Å²) in [4.78, 5) is 22.6. The van der Waals surface area contributed by atoms with Crippen molar-refractivity contribution >= 4 is 13.8 Å². The van der Waals surface area contributed by atoms with E-state index in [0.717, 1.165) is 44.9 Å². The van der Waals surface area contributed by atoms with E-state index in [2.05, 4.69) is 26.0 Å². The molecular formula is C43H80NO11P. The maximum absolute atomic E-state index is 12.7. The molecule has 1 saturated heterocycles. The molecule has 1 aliphatic heterocycles. The van der Waals surface area contributed by atoms with E-state index in [-0.39, 0.29) is 45.1 Å². The molecule has 0 radical (unpaired) electrons. The number of carbonyl (C=O) groups is 1. The summed E-state index contributed by atoms with van der Waals surface area (Å²) in [6.45, 7) is 4.42. The molecule has 0 bridgehead atoms. The second-order valence-electron chi connectivity index (χ2n) is 15.1. The molecule has 1 fully saturated rings. The zero-order valence-electron chi connectivity index (χ0n) is 34.9. The third-order valence-corrected chi connectivity index (χ3v) is 10.8. The van der Waals surface area contributed by atoms with Gasteiger partial charge in [0.1, 0.15) is 6.10 Å². The molecule has 1 rings (SSSR count). The minimum absolute atomic E-state index is 0.0273. The molecule has 0 spiro atoms. The van der Waals surface area contributed by atoms with Crippen LogP contribution in [0.2, 0.25) is 0 Å². The van der Waals surface area contributed by atoms with Gasteiger partial charge in [-0.25, -0.2) is 4.57 Å². The van der Waals surface area contributed by atoms with Gasteiger partial charge in [-0.3, -0.25) is 13.8 Å². The summed E-state index contributed by atoms with van der Waals surface area (Å²) in [5, 5.41) is 31.0. The van der Waals surface area contributed by atoms with Gasteiger partial charge in [0.05, 0.1) is 38.1 Å². The van der Waals surface area contributed by atoms with Crippen molar-refractivity contribution in [2.45, 2.75) is 192 Å². The summed E-state index contributed by atoms with van der Waals surface area (Å²) in [7, 11) is -4.36. The molecule has 1 aliphatic rings. The SMILES string of the molecule is CCCCCCCC/C=C\CCCCCCCCOCC(COP(=O)(O)OCCN)OC(=O)CCC/C=C\CC1C(O)CC(O)OC1/C=C/C(O)CCCCC. The number of esters is 1. The maximum Gasteiger partial charge on any atom is 0.472 e. The predicted octanol–water partition coefficient (Wildman–Crippen LogP) is 8.74. The van der Waals surface area contributed by atoms with Crippen LogP contribution in [0, 0.1) is 5.92 Å². The Morgan fingerprint density at radius 3 is 2.09 bits per heavy atom.